The molecule has 0 unspecified atom stereocenters. The third-order valence-corrected chi connectivity index (χ3v) is 4.00. The van der Waals surface area contributed by atoms with Gasteiger partial charge in [0, 0.05) is 26.2 Å². The Morgan fingerprint density at radius 3 is 2.30 bits per heavy atom. The molecule has 1 atom stereocenters. The van der Waals surface area contributed by atoms with Gasteiger partial charge in [0.15, 0.2) is 0 Å². The SMILES string of the molecule is COB(OC)c1ccc(C[C@@H](NC(=O)c2cccc(F)c2)C(=O)OC)cc1. The molecule has 0 aliphatic carbocycles. The number of carbonyl (C=O) groups excluding carboxylic acids is 2. The number of hydrogen-bond acceptors (Lipinski definition) is 5. The van der Waals surface area contributed by atoms with Crippen LogP contribution in [0.25, 0.3) is 0 Å². The molecule has 1 amide bonds. The smallest absolute Gasteiger partial charge is 0.467 e. The number of ether oxygens (including phenoxy) is 1. The van der Waals surface area contributed by atoms with E-state index in [9.17, 15) is 14.0 Å². The van der Waals surface area contributed by atoms with Crippen LogP contribution in [-0.4, -0.2) is 46.4 Å². The molecule has 2 aromatic rings. The Morgan fingerprint density at radius 2 is 1.74 bits per heavy atom. The van der Waals surface area contributed by atoms with E-state index in [4.69, 9.17) is 14.0 Å². The Kier molecular flexibility index (Phi) is 7.51. The third-order valence-electron chi connectivity index (χ3n) is 4.00. The highest BCUT2D eigenvalue weighted by atomic mass is 19.1. The summed E-state index contributed by atoms with van der Waals surface area (Å²) in [6, 6.07) is 11.6. The Hall–Kier alpha value is -2.71. The molecule has 27 heavy (non-hydrogen) atoms. The standard InChI is InChI=1S/C19H21BFNO5/c1-25-19(24)17(22-18(23)14-5-4-6-16(21)12-14)11-13-7-9-15(10-8-13)20(26-2)27-3/h4-10,12,17H,11H2,1-3H3,(H,22,23)/t17-/m1/s1. The second kappa shape index (κ2) is 9.84. The molecular weight excluding hydrogens is 352 g/mol. The normalized spacial score (nSPS) is 11.6. The summed E-state index contributed by atoms with van der Waals surface area (Å²) in [7, 11) is 3.84. The average molecular weight is 373 g/mol. The number of carbonyl (C=O) groups is 2. The lowest BCUT2D eigenvalue weighted by atomic mass is 9.78. The van der Waals surface area contributed by atoms with Crippen molar-refractivity contribution in [1.82, 2.24) is 5.32 Å². The minimum atomic E-state index is -0.905. The van der Waals surface area contributed by atoms with Crippen molar-refractivity contribution in [3.8, 4) is 0 Å². The number of hydrogen-bond donors (Lipinski definition) is 1. The summed E-state index contributed by atoms with van der Waals surface area (Å²) >= 11 is 0. The van der Waals surface area contributed by atoms with Gasteiger partial charge in [0.25, 0.3) is 5.91 Å². The molecule has 0 fully saturated rings. The van der Waals surface area contributed by atoms with E-state index in [0.29, 0.717) is 0 Å². The molecule has 0 radical (unpaired) electrons. The molecule has 0 bridgehead atoms. The van der Waals surface area contributed by atoms with E-state index in [2.05, 4.69) is 5.32 Å². The fourth-order valence-corrected chi connectivity index (χ4v) is 2.62. The first-order valence-electron chi connectivity index (χ1n) is 8.27. The first-order chi connectivity index (χ1) is 13.0. The van der Waals surface area contributed by atoms with Crippen LogP contribution in [0.5, 0.6) is 0 Å². The zero-order chi connectivity index (χ0) is 19.8. The van der Waals surface area contributed by atoms with E-state index in [1.54, 1.807) is 0 Å². The number of rotatable bonds is 8. The highest BCUT2D eigenvalue weighted by molar-refractivity contribution is 6.61. The summed E-state index contributed by atoms with van der Waals surface area (Å²) in [4.78, 5) is 24.4. The van der Waals surface area contributed by atoms with Crippen LogP contribution in [0.2, 0.25) is 0 Å². The van der Waals surface area contributed by atoms with Crippen LogP contribution in [0.3, 0.4) is 0 Å². The Morgan fingerprint density at radius 1 is 1.07 bits per heavy atom. The number of halogens is 1. The van der Waals surface area contributed by atoms with Gasteiger partial charge in [0.05, 0.1) is 7.11 Å². The van der Waals surface area contributed by atoms with Crippen molar-refractivity contribution < 1.29 is 28.0 Å². The van der Waals surface area contributed by atoms with Gasteiger partial charge < -0.3 is 19.4 Å². The van der Waals surface area contributed by atoms with E-state index in [0.717, 1.165) is 17.1 Å². The third kappa shape index (κ3) is 5.64. The monoisotopic (exact) mass is 373 g/mol. The van der Waals surface area contributed by atoms with E-state index in [1.807, 2.05) is 24.3 Å². The molecule has 8 heteroatoms. The maximum absolute atomic E-state index is 13.3. The van der Waals surface area contributed by atoms with Gasteiger partial charge in [-0.15, -0.1) is 0 Å². The number of nitrogens with one attached hydrogen (secondary N) is 1. The first kappa shape index (κ1) is 20.6. The summed E-state index contributed by atoms with van der Waals surface area (Å²) in [5, 5.41) is 2.59. The number of amides is 1. The van der Waals surface area contributed by atoms with Crippen LogP contribution in [0.1, 0.15) is 15.9 Å². The maximum Gasteiger partial charge on any atom is 0.493 e. The van der Waals surface area contributed by atoms with E-state index < -0.39 is 30.9 Å². The highest BCUT2D eigenvalue weighted by Crippen LogP contribution is 2.08. The fourth-order valence-electron chi connectivity index (χ4n) is 2.62. The average Bonchev–Trinajstić information content (AvgIpc) is 2.69. The molecule has 0 aliphatic heterocycles. The molecule has 0 aliphatic rings. The summed E-state index contributed by atoms with van der Waals surface area (Å²) in [5.41, 5.74) is 1.75. The lowest BCUT2D eigenvalue weighted by molar-refractivity contribution is -0.142. The maximum atomic E-state index is 13.3. The van der Waals surface area contributed by atoms with Crippen LogP contribution in [0.4, 0.5) is 4.39 Å². The molecule has 2 rings (SSSR count). The number of methoxy groups -OCH3 is 1. The van der Waals surface area contributed by atoms with Crippen molar-refractivity contribution in [3.05, 3.63) is 65.5 Å². The van der Waals surface area contributed by atoms with Gasteiger partial charge in [0.2, 0.25) is 0 Å². The van der Waals surface area contributed by atoms with Crippen molar-refractivity contribution in [3.63, 3.8) is 0 Å². The van der Waals surface area contributed by atoms with Gasteiger partial charge in [-0.1, -0.05) is 30.3 Å². The second-order valence-corrected chi connectivity index (χ2v) is 5.81. The zero-order valence-corrected chi connectivity index (χ0v) is 15.4. The van der Waals surface area contributed by atoms with Gasteiger partial charge >= 0.3 is 13.1 Å². The van der Waals surface area contributed by atoms with Gasteiger partial charge in [-0.05, 0) is 29.2 Å². The van der Waals surface area contributed by atoms with Crippen molar-refractivity contribution in [2.45, 2.75) is 12.5 Å². The molecule has 6 nitrogen and oxygen atoms in total. The van der Waals surface area contributed by atoms with Gasteiger partial charge in [-0.3, -0.25) is 4.79 Å². The molecule has 142 valence electrons. The van der Waals surface area contributed by atoms with Gasteiger partial charge in [-0.2, -0.15) is 0 Å². The molecular formula is C19H21BFNO5. The topological polar surface area (TPSA) is 73.9 Å². The lowest BCUT2D eigenvalue weighted by Crippen LogP contribution is -2.43. The van der Waals surface area contributed by atoms with Crippen molar-refractivity contribution >= 4 is 24.5 Å². The zero-order valence-electron chi connectivity index (χ0n) is 15.4. The summed E-state index contributed by atoms with van der Waals surface area (Å²) in [6.07, 6.45) is 0.221. The summed E-state index contributed by atoms with van der Waals surface area (Å²) in [6.45, 7) is 0. The predicted molar refractivity (Wildman–Crippen MR) is 99.2 cm³/mol. The van der Waals surface area contributed by atoms with Crippen molar-refractivity contribution in [2.24, 2.45) is 0 Å². The molecule has 2 aromatic carbocycles. The molecule has 0 saturated carbocycles. The number of esters is 1. The van der Waals surface area contributed by atoms with E-state index in [-0.39, 0.29) is 12.0 Å². The minimum Gasteiger partial charge on any atom is -0.467 e. The van der Waals surface area contributed by atoms with Crippen LogP contribution in [0, 0.1) is 5.82 Å². The molecule has 0 aromatic heterocycles. The fraction of sp³-hybridized carbons (Fsp3) is 0.263. The highest BCUT2D eigenvalue weighted by Gasteiger charge is 2.23. The number of benzene rings is 2. The van der Waals surface area contributed by atoms with Crippen LogP contribution >= 0.6 is 0 Å². The largest absolute Gasteiger partial charge is 0.493 e. The summed E-state index contributed by atoms with van der Waals surface area (Å²) < 4.78 is 28.5. The van der Waals surface area contributed by atoms with E-state index >= 15 is 0 Å². The predicted octanol–water partition coefficient (Wildman–Crippen LogP) is 1.33. The molecule has 0 saturated heterocycles. The molecule has 0 spiro atoms. The van der Waals surface area contributed by atoms with Crippen molar-refractivity contribution in [2.75, 3.05) is 21.3 Å². The quantitative estimate of drug-likeness (QED) is 0.558. The lowest BCUT2D eigenvalue weighted by Gasteiger charge is -2.17. The van der Waals surface area contributed by atoms with Crippen LogP contribution in [0.15, 0.2) is 48.5 Å². The van der Waals surface area contributed by atoms with Crippen LogP contribution < -0.4 is 10.8 Å². The van der Waals surface area contributed by atoms with Crippen LogP contribution in [-0.2, 0) is 25.3 Å². The van der Waals surface area contributed by atoms with Crippen molar-refractivity contribution in [1.29, 1.82) is 0 Å². The first-order valence-corrected chi connectivity index (χ1v) is 8.27. The molecule has 0 heterocycles. The Labute approximate surface area is 157 Å². The summed E-state index contributed by atoms with van der Waals surface area (Å²) in [5.74, 6) is -1.67. The van der Waals surface area contributed by atoms with E-state index in [1.165, 1.54) is 39.5 Å². The van der Waals surface area contributed by atoms with Gasteiger partial charge in [-0.25, -0.2) is 9.18 Å². The minimum absolute atomic E-state index is 0.127. The van der Waals surface area contributed by atoms with Gasteiger partial charge in [0.1, 0.15) is 11.9 Å². The Bertz CT molecular complexity index is 780. The molecule has 1 N–H and O–H groups in total. The second-order valence-electron chi connectivity index (χ2n) is 5.81. The Balaban J connectivity index is 2.12.